The lowest BCUT2D eigenvalue weighted by Gasteiger charge is -2.06. The summed E-state index contributed by atoms with van der Waals surface area (Å²) in [7, 11) is 1.81. The minimum absolute atomic E-state index is 0.321. The molecular formula is C19H18N8. The molecule has 4 aromatic rings. The minimum Gasteiger partial charge on any atom is -0.346 e. The van der Waals surface area contributed by atoms with Gasteiger partial charge < -0.3 is 10.3 Å². The molecule has 5 rings (SSSR count). The molecule has 27 heavy (non-hydrogen) atoms. The number of aryl methyl sites for hydroxylation is 2. The van der Waals surface area contributed by atoms with Crippen molar-refractivity contribution in [3.8, 4) is 0 Å². The topological polar surface area (TPSA) is 96.7 Å². The lowest BCUT2D eigenvalue weighted by Crippen LogP contribution is -1.99. The lowest BCUT2D eigenvalue weighted by atomic mass is 10.0. The van der Waals surface area contributed by atoms with Gasteiger partial charge in [-0.2, -0.15) is 9.97 Å². The smallest absolute Gasteiger partial charge is 0.232 e. The quantitative estimate of drug-likeness (QED) is 0.546. The predicted molar refractivity (Wildman–Crippen MR) is 104 cm³/mol. The highest BCUT2D eigenvalue weighted by Crippen LogP contribution is 2.32. The molecule has 0 spiro atoms. The van der Waals surface area contributed by atoms with Gasteiger partial charge in [-0.3, -0.25) is 4.68 Å². The third-order valence-electron chi connectivity index (χ3n) is 4.79. The largest absolute Gasteiger partial charge is 0.346 e. The number of hydrogen-bond donors (Lipinski definition) is 2. The van der Waals surface area contributed by atoms with E-state index in [1.165, 1.54) is 11.1 Å². The van der Waals surface area contributed by atoms with E-state index in [0.717, 1.165) is 23.9 Å². The van der Waals surface area contributed by atoms with Gasteiger partial charge in [0.1, 0.15) is 5.65 Å². The van der Waals surface area contributed by atoms with Crippen molar-refractivity contribution in [1.82, 2.24) is 29.9 Å². The van der Waals surface area contributed by atoms with Crippen LogP contribution in [0.1, 0.15) is 23.5 Å². The van der Waals surface area contributed by atoms with Crippen LogP contribution in [0.5, 0.6) is 0 Å². The number of fused-ring (bicyclic) bond motifs is 2. The summed E-state index contributed by atoms with van der Waals surface area (Å²) in [6, 6.07) is 10.5. The number of nitrogens with zero attached hydrogens (tertiary/aromatic N) is 6. The molecule has 0 radical (unpaired) electrons. The fourth-order valence-corrected chi connectivity index (χ4v) is 3.50. The number of nitrogens with one attached hydrogen (secondary N) is 2. The average Bonchev–Trinajstić information content (AvgIpc) is 3.40. The number of benzene rings is 1. The third kappa shape index (κ3) is 2.95. The molecular weight excluding hydrogens is 340 g/mol. The molecule has 0 bridgehead atoms. The zero-order chi connectivity index (χ0) is 18.2. The van der Waals surface area contributed by atoms with Crippen molar-refractivity contribution in [1.29, 1.82) is 0 Å². The van der Waals surface area contributed by atoms with E-state index in [1.807, 2.05) is 25.5 Å². The first-order valence-corrected chi connectivity index (χ1v) is 8.87. The van der Waals surface area contributed by atoms with Gasteiger partial charge in [-0.25, -0.2) is 4.99 Å². The maximum absolute atomic E-state index is 4.72. The van der Waals surface area contributed by atoms with Crippen LogP contribution in [0, 0.1) is 0 Å². The second-order valence-corrected chi connectivity index (χ2v) is 6.64. The first-order chi connectivity index (χ1) is 13.3. The molecule has 1 aliphatic carbocycles. The number of aromatic amines is 1. The van der Waals surface area contributed by atoms with Gasteiger partial charge in [0.25, 0.3) is 0 Å². The number of aliphatic imine (C=N–C) groups is 1. The Morgan fingerprint density at radius 3 is 3.07 bits per heavy atom. The Labute approximate surface area is 155 Å². The van der Waals surface area contributed by atoms with Crippen molar-refractivity contribution in [2.24, 2.45) is 12.0 Å². The van der Waals surface area contributed by atoms with Crippen LogP contribution < -0.4 is 5.32 Å². The van der Waals surface area contributed by atoms with Crippen LogP contribution >= 0.6 is 0 Å². The molecule has 0 saturated carbocycles. The van der Waals surface area contributed by atoms with Gasteiger partial charge in [-0.05, 0) is 30.0 Å². The van der Waals surface area contributed by atoms with Crippen molar-refractivity contribution in [3.63, 3.8) is 0 Å². The van der Waals surface area contributed by atoms with Gasteiger partial charge in [0.05, 0.1) is 11.6 Å². The summed E-state index contributed by atoms with van der Waals surface area (Å²) in [6.07, 6.45) is 7.79. The Balaban J connectivity index is 1.48. The Bertz CT molecular complexity index is 1140. The van der Waals surface area contributed by atoms with E-state index in [4.69, 9.17) is 4.99 Å². The summed E-state index contributed by atoms with van der Waals surface area (Å²) < 4.78 is 1.62. The summed E-state index contributed by atoms with van der Waals surface area (Å²) in [6.45, 7) is 0. The zero-order valence-electron chi connectivity index (χ0n) is 14.8. The van der Waals surface area contributed by atoms with Crippen LogP contribution in [0.2, 0.25) is 0 Å². The lowest BCUT2D eigenvalue weighted by molar-refractivity contribution is 0.715. The van der Waals surface area contributed by atoms with Gasteiger partial charge in [-0.1, -0.05) is 29.5 Å². The van der Waals surface area contributed by atoms with E-state index in [-0.39, 0.29) is 0 Å². The molecule has 3 heterocycles. The second kappa shape index (κ2) is 6.31. The molecule has 0 aliphatic heterocycles. The Hall–Kier alpha value is -3.55. The molecule has 0 saturated heterocycles. The Morgan fingerprint density at radius 2 is 2.19 bits per heavy atom. The Morgan fingerprint density at radius 1 is 1.26 bits per heavy atom. The molecule has 0 fully saturated rings. The number of H-pyrrole nitrogens is 1. The van der Waals surface area contributed by atoms with E-state index in [1.54, 1.807) is 10.9 Å². The fourth-order valence-electron chi connectivity index (χ4n) is 3.50. The summed E-state index contributed by atoms with van der Waals surface area (Å²) in [5, 5.41) is 11.9. The van der Waals surface area contributed by atoms with Gasteiger partial charge >= 0.3 is 0 Å². The van der Waals surface area contributed by atoms with E-state index in [9.17, 15) is 0 Å². The number of aromatic nitrogens is 6. The number of rotatable bonds is 4. The minimum atomic E-state index is 0.321. The summed E-state index contributed by atoms with van der Waals surface area (Å²) >= 11 is 0. The highest BCUT2D eigenvalue weighted by atomic mass is 15.4. The highest BCUT2D eigenvalue weighted by Gasteiger charge is 2.20. The monoisotopic (exact) mass is 358 g/mol. The molecule has 1 unspecified atom stereocenters. The predicted octanol–water partition coefficient (Wildman–Crippen LogP) is 3.26. The van der Waals surface area contributed by atoms with Crippen molar-refractivity contribution < 1.29 is 0 Å². The van der Waals surface area contributed by atoms with E-state index < -0.39 is 0 Å². The second-order valence-electron chi connectivity index (χ2n) is 6.64. The number of hydrogen-bond acceptors (Lipinski definition) is 6. The van der Waals surface area contributed by atoms with Crippen LogP contribution in [0.3, 0.4) is 0 Å². The van der Waals surface area contributed by atoms with Crippen LogP contribution in [0.4, 0.5) is 17.6 Å². The molecule has 2 N–H and O–H groups in total. The SMILES string of the molecule is Cn1cc(Nc2nc(N=CC3CCc4ccccc43)c3cc[nH]c3n2)nn1. The summed E-state index contributed by atoms with van der Waals surface area (Å²) in [4.78, 5) is 16.9. The van der Waals surface area contributed by atoms with E-state index in [0.29, 0.717) is 23.5 Å². The van der Waals surface area contributed by atoms with E-state index in [2.05, 4.69) is 54.8 Å². The normalized spacial score (nSPS) is 16.3. The molecule has 134 valence electrons. The van der Waals surface area contributed by atoms with Gasteiger partial charge in [-0.15, -0.1) is 5.10 Å². The standard InChI is InChI=1S/C19H18N8/c1-27-11-16(25-26-27)22-19-23-17-15(8-9-20-17)18(24-19)21-10-13-7-6-12-4-2-3-5-14(12)13/h2-5,8-11,13H,6-7H2,1H3,(H2,20,22,23,24). The first kappa shape index (κ1) is 15.7. The van der Waals surface area contributed by atoms with Gasteiger partial charge in [0.2, 0.25) is 5.95 Å². The molecule has 0 amide bonds. The molecule has 1 atom stereocenters. The first-order valence-electron chi connectivity index (χ1n) is 8.87. The molecule has 8 nitrogen and oxygen atoms in total. The summed E-state index contributed by atoms with van der Waals surface area (Å²) in [5.74, 6) is 1.98. The number of anilines is 2. The zero-order valence-corrected chi connectivity index (χ0v) is 14.8. The average molecular weight is 358 g/mol. The van der Waals surface area contributed by atoms with Crippen LogP contribution in [-0.2, 0) is 13.5 Å². The van der Waals surface area contributed by atoms with Crippen LogP contribution in [0.25, 0.3) is 11.0 Å². The van der Waals surface area contributed by atoms with Crippen molar-refractivity contribution in [3.05, 3.63) is 53.9 Å². The molecule has 1 aromatic carbocycles. The van der Waals surface area contributed by atoms with E-state index >= 15 is 0 Å². The van der Waals surface area contributed by atoms with Crippen molar-refractivity contribution in [2.75, 3.05) is 5.32 Å². The van der Waals surface area contributed by atoms with Crippen LogP contribution in [0.15, 0.2) is 47.7 Å². The van der Waals surface area contributed by atoms with Crippen molar-refractivity contribution >= 4 is 34.8 Å². The third-order valence-corrected chi connectivity index (χ3v) is 4.79. The maximum atomic E-state index is 4.72. The fraction of sp³-hybridized carbons (Fsp3) is 0.211. The molecule has 1 aliphatic rings. The Kier molecular flexibility index (Phi) is 3.67. The van der Waals surface area contributed by atoms with Crippen LogP contribution in [-0.4, -0.2) is 36.2 Å². The van der Waals surface area contributed by atoms with Gasteiger partial charge in [0, 0.05) is 25.4 Å². The van der Waals surface area contributed by atoms with Gasteiger partial charge in [0.15, 0.2) is 11.6 Å². The maximum Gasteiger partial charge on any atom is 0.232 e. The highest BCUT2D eigenvalue weighted by molar-refractivity contribution is 5.89. The molecule has 8 heteroatoms. The van der Waals surface area contributed by atoms with Crippen molar-refractivity contribution in [2.45, 2.75) is 18.8 Å². The summed E-state index contributed by atoms with van der Waals surface area (Å²) in [5.41, 5.74) is 3.50. The molecule has 3 aromatic heterocycles.